The summed E-state index contributed by atoms with van der Waals surface area (Å²) in [5.74, 6) is -1.08. The number of ketones is 1. The van der Waals surface area contributed by atoms with Gasteiger partial charge in [0.2, 0.25) is 0 Å². The van der Waals surface area contributed by atoms with Gasteiger partial charge >= 0.3 is 29.0 Å². The normalized spacial score (nSPS) is 22.6. The molecular weight excluding hydrogens is 761 g/mol. The minimum atomic E-state index is -1.20. The molecule has 8 bridgehead atoms. The number of aliphatic hydroxyl groups is 1. The number of carbonyl (C=O) groups excluding carboxylic acids is 2. The van der Waals surface area contributed by atoms with Gasteiger partial charge in [-0.2, -0.15) is 11.4 Å². The zero-order valence-electron chi connectivity index (χ0n) is 37.7. The molecule has 1 aliphatic carbocycles. The number of esters is 1. The molecule has 1 fully saturated rings. The van der Waals surface area contributed by atoms with Crippen LogP contribution >= 0.6 is 0 Å². The first-order valence-corrected chi connectivity index (χ1v) is 21.8. The molecule has 0 saturated carbocycles. The number of hydrogen-bond donors (Lipinski definition) is 1. The van der Waals surface area contributed by atoms with Crippen molar-refractivity contribution < 1.29 is 24.2 Å². The molecule has 5 heterocycles. The molecule has 10 heteroatoms. The van der Waals surface area contributed by atoms with Gasteiger partial charge in [-0.25, -0.2) is 0 Å². The number of fused-ring (bicyclic) bond motifs is 7. The van der Waals surface area contributed by atoms with Crippen molar-refractivity contribution in [3.63, 3.8) is 0 Å². The number of ether oxygens (including phenoxy) is 2. The van der Waals surface area contributed by atoms with Gasteiger partial charge in [0.05, 0.1) is 13.7 Å². The summed E-state index contributed by atoms with van der Waals surface area (Å²) in [6, 6.07) is 0. The average Bonchev–Trinajstić information content (AvgIpc) is 3.94. The summed E-state index contributed by atoms with van der Waals surface area (Å²) in [5.41, 5.74) is 11.0. The van der Waals surface area contributed by atoms with Crippen molar-refractivity contribution in [3.8, 4) is 0 Å². The molecule has 0 radical (unpaired) electrons. The van der Waals surface area contributed by atoms with Crippen LogP contribution in [0.5, 0.6) is 0 Å². The Kier molecular flexibility index (Phi) is 16.0. The molecule has 1 saturated heterocycles. The molecule has 6 rings (SSSR count). The molecular formula is C50H64MgN4O5-2. The van der Waals surface area contributed by atoms with Crippen molar-refractivity contribution in [1.82, 2.24) is 15.0 Å². The Balaban J connectivity index is 0.00000683. The maximum atomic E-state index is 14.3. The minimum absolute atomic E-state index is 0. The zero-order chi connectivity index (χ0) is 42.7. The molecule has 9 nitrogen and oxygen atoms in total. The smallest absolute Gasteiger partial charge is 0.664 e. The number of nitrogens with zero attached hydrogens (tertiary/aromatic N) is 4. The fourth-order valence-electron chi connectivity index (χ4n) is 9.21. The Morgan fingerprint density at radius 2 is 1.63 bits per heavy atom. The van der Waals surface area contributed by atoms with Crippen molar-refractivity contribution in [2.75, 3.05) is 13.7 Å². The standard InChI is InChI=1S/C50H65N4O5.Mg/c1-12-34-30(7)37-24-39-32(9)36(20-21-43(55)59-23-22-29(6)19-15-18-28(5)17-14-16-27(3)4)47(53-39)45-46(50(57)58-11)49(56)44-33(10)40(54-48(44)45)26-42-35(13-2)31(8)38(52-42)25-41(34)51-37;/h12,22,24-28,32,36,43,46,55H,1,13-21,23H2,2-11H3,(H-,53,54,56);/q-3;+2/p-1/b29-22-,38-25-,39-24-,42-26-;/t28-,32+,36+,43?,46-;/m1./s1. The molecule has 2 aliphatic heterocycles. The second-order valence-corrected chi connectivity index (χ2v) is 17.5. The summed E-state index contributed by atoms with van der Waals surface area (Å²) in [6.45, 7) is 23.7. The molecule has 3 aromatic heterocycles. The molecule has 3 aliphatic rings. The number of hydrogen-bond acceptors (Lipinski definition) is 5. The van der Waals surface area contributed by atoms with Gasteiger partial charge in [-0.15, -0.1) is 33.5 Å². The van der Waals surface area contributed by atoms with Gasteiger partial charge in [0.15, 0.2) is 12.1 Å². The summed E-state index contributed by atoms with van der Waals surface area (Å²) < 4.78 is 11.2. The van der Waals surface area contributed by atoms with E-state index in [9.17, 15) is 14.7 Å². The first kappa shape index (κ1) is 47.2. The summed E-state index contributed by atoms with van der Waals surface area (Å²) in [7, 11) is 1.30. The van der Waals surface area contributed by atoms with E-state index in [-0.39, 0.29) is 40.7 Å². The summed E-state index contributed by atoms with van der Waals surface area (Å²) >= 11 is 0. The van der Waals surface area contributed by atoms with E-state index < -0.39 is 18.2 Å². The SMILES string of the molecule is C=Cc1c2[n-]c(c1C)/C=C1\[N-]/C(=C3\c4[n-]c(c(C)c4C(=O)[C@@H]3C(=O)OC)/C=c3\[n-]/c(c(C)c3CC)=C\2)[C@@H](CCC(O)OC/C=C(/C)CCC[C@H](C)CCCC(C)C)[C@@H]1C.[Mg+2]. The van der Waals surface area contributed by atoms with E-state index in [4.69, 9.17) is 29.7 Å². The summed E-state index contributed by atoms with van der Waals surface area (Å²) in [6.07, 6.45) is 17.8. The predicted octanol–water partition coefficient (Wildman–Crippen LogP) is 8.35. The van der Waals surface area contributed by atoms with Gasteiger partial charge in [0, 0.05) is 5.56 Å². The van der Waals surface area contributed by atoms with Crippen molar-refractivity contribution in [1.29, 1.82) is 0 Å². The Morgan fingerprint density at radius 1 is 0.933 bits per heavy atom. The van der Waals surface area contributed by atoms with Gasteiger partial charge in [0.1, 0.15) is 5.92 Å². The molecule has 5 atom stereocenters. The van der Waals surface area contributed by atoms with Crippen LogP contribution < -0.4 is 25.7 Å². The van der Waals surface area contributed by atoms with Crippen molar-refractivity contribution in [2.24, 2.45) is 29.6 Å². The number of carbonyl (C=O) groups is 2. The number of allylic oxidation sites excluding steroid dienone is 3. The average molecular weight is 825 g/mol. The third-order valence-corrected chi connectivity index (χ3v) is 12.9. The number of aromatic nitrogens is 3. The van der Waals surface area contributed by atoms with Crippen LogP contribution in [0.2, 0.25) is 0 Å². The van der Waals surface area contributed by atoms with E-state index in [0.717, 1.165) is 81.1 Å². The van der Waals surface area contributed by atoms with Crippen LogP contribution in [0.3, 0.4) is 0 Å². The number of methoxy groups -OCH3 is 1. The van der Waals surface area contributed by atoms with Crippen LogP contribution in [0.15, 0.2) is 29.6 Å². The van der Waals surface area contributed by atoms with Crippen molar-refractivity contribution >= 4 is 64.7 Å². The zero-order valence-corrected chi connectivity index (χ0v) is 39.1. The third kappa shape index (κ3) is 9.77. The monoisotopic (exact) mass is 824 g/mol. The fraction of sp³-hybridized carbons (Fsp3) is 0.520. The fourth-order valence-corrected chi connectivity index (χ4v) is 9.21. The molecule has 0 aromatic carbocycles. The quantitative estimate of drug-likeness (QED) is 0.0473. The molecule has 318 valence electrons. The van der Waals surface area contributed by atoms with Crippen LogP contribution in [0, 0.1) is 50.4 Å². The number of Topliss-reactive ketones (excluding diaryl/α,β-unsaturated/α-hetero) is 1. The molecule has 1 N–H and O–H groups in total. The number of rotatable bonds is 17. The van der Waals surface area contributed by atoms with Crippen LogP contribution in [-0.4, -0.2) is 59.9 Å². The van der Waals surface area contributed by atoms with Gasteiger partial charge in [-0.1, -0.05) is 131 Å². The Hall–Kier alpha value is -3.83. The topological polar surface area (TPSA) is 129 Å². The van der Waals surface area contributed by atoms with E-state index >= 15 is 0 Å². The first-order chi connectivity index (χ1) is 28.2. The number of aliphatic hydroxyl groups excluding tert-OH is 1. The Labute approximate surface area is 373 Å². The summed E-state index contributed by atoms with van der Waals surface area (Å²) in [4.78, 5) is 43.1. The predicted molar refractivity (Wildman–Crippen MR) is 243 cm³/mol. The van der Waals surface area contributed by atoms with Gasteiger partial charge in [0.25, 0.3) is 0 Å². The molecule has 3 aromatic rings. The molecule has 0 spiro atoms. The molecule has 0 amide bonds. The largest absolute Gasteiger partial charge is 2.00 e. The van der Waals surface area contributed by atoms with Crippen LogP contribution in [0.25, 0.3) is 35.2 Å². The molecule has 60 heavy (non-hydrogen) atoms. The van der Waals surface area contributed by atoms with Gasteiger partial charge in [-0.05, 0) is 89.0 Å². The van der Waals surface area contributed by atoms with E-state index in [1.165, 1.54) is 38.4 Å². The van der Waals surface area contributed by atoms with E-state index in [2.05, 4.69) is 61.1 Å². The van der Waals surface area contributed by atoms with E-state index in [0.29, 0.717) is 53.2 Å². The van der Waals surface area contributed by atoms with Crippen molar-refractivity contribution in [3.05, 3.63) is 102 Å². The first-order valence-electron chi connectivity index (χ1n) is 21.8. The minimum Gasteiger partial charge on any atom is -0.664 e. The Bertz CT molecular complexity index is 2300. The maximum absolute atomic E-state index is 14.3. The second kappa shape index (κ2) is 20.4. The van der Waals surface area contributed by atoms with Crippen LogP contribution in [0.4, 0.5) is 0 Å². The Morgan fingerprint density at radius 3 is 2.32 bits per heavy atom. The third-order valence-electron chi connectivity index (χ3n) is 12.9. The summed E-state index contributed by atoms with van der Waals surface area (Å²) in [5, 5.41) is 18.0. The van der Waals surface area contributed by atoms with Crippen molar-refractivity contribution in [2.45, 2.75) is 126 Å². The van der Waals surface area contributed by atoms with Crippen LogP contribution in [-0.2, 0) is 20.7 Å². The van der Waals surface area contributed by atoms with E-state index in [1.807, 2.05) is 38.2 Å². The molecule has 1 unspecified atom stereocenters. The second-order valence-electron chi connectivity index (χ2n) is 17.5. The van der Waals surface area contributed by atoms with Gasteiger partial charge < -0.3 is 34.8 Å². The van der Waals surface area contributed by atoms with Gasteiger partial charge in [-0.3, -0.25) is 9.59 Å². The van der Waals surface area contributed by atoms with Crippen LogP contribution in [0.1, 0.15) is 154 Å². The maximum Gasteiger partial charge on any atom is 2.00 e. The van der Waals surface area contributed by atoms with E-state index in [1.54, 1.807) is 0 Å².